The summed E-state index contributed by atoms with van der Waals surface area (Å²) in [5, 5.41) is 6.63. The maximum Gasteiger partial charge on any atom is 0.267 e. The largest absolute Gasteiger partial charge is 0.324 e. The Morgan fingerprint density at radius 3 is 2.64 bits per heavy atom. The maximum absolute atomic E-state index is 13.1. The van der Waals surface area contributed by atoms with Gasteiger partial charge in [0.2, 0.25) is 5.91 Å². The third-order valence-corrected chi connectivity index (χ3v) is 3.63. The molecule has 3 aromatic rings. The zero-order valence-electron chi connectivity index (χ0n) is 12.8. The van der Waals surface area contributed by atoms with E-state index in [9.17, 15) is 14.0 Å². The van der Waals surface area contributed by atoms with Crippen molar-refractivity contribution in [2.45, 2.75) is 6.54 Å². The third kappa shape index (κ3) is 4.07. The molecule has 0 unspecified atom stereocenters. The van der Waals surface area contributed by atoms with Gasteiger partial charge in [-0.05, 0) is 36.4 Å². The van der Waals surface area contributed by atoms with Crippen LogP contribution in [0.5, 0.6) is 0 Å². The Morgan fingerprint density at radius 2 is 1.92 bits per heavy atom. The molecule has 0 radical (unpaired) electrons. The first-order valence-electron chi connectivity index (χ1n) is 7.26. The topological polar surface area (TPSA) is 76.9 Å². The molecule has 1 N–H and O–H groups in total. The first-order valence-corrected chi connectivity index (χ1v) is 7.64. The Morgan fingerprint density at radius 1 is 1.16 bits per heavy atom. The van der Waals surface area contributed by atoms with E-state index in [4.69, 9.17) is 11.6 Å². The van der Waals surface area contributed by atoms with Crippen LogP contribution in [0.1, 0.15) is 0 Å². The van der Waals surface area contributed by atoms with E-state index in [-0.39, 0.29) is 11.6 Å². The van der Waals surface area contributed by atoms with E-state index < -0.39 is 17.3 Å². The molecule has 0 spiro atoms. The van der Waals surface area contributed by atoms with E-state index in [2.05, 4.69) is 15.4 Å². The monoisotopic (exact) mass is 358 g/mol. The second-order valence-electron chi connectivity index (χ2n) is 5.13. The van der Waals surface area contributed by atoms with Gasteiger partial charge in [-0.25, -0.2) is 9.07 Å². The predicted octanol–water partition coefficient (Wildman–Crippen LogP) is 2.74. The van der Waals surface area contributed by atoms with E-state index >= 15 is 0 Å². The fraction of sp³-hybridized carbons (Fsp3) is 0.0588. The first-order chi connectivity index (χ1) is 12.0. The van der Waals surface area contributed by atoms with Crippen molar-refractivity contribution in [3.8, 4) is 11.3 Å². The Hall–Kier alpha value is -3.06. The van der Waals surface area contributed by atoms with Gasteiger partial charge in [0.15, 0.2) is 0 Å². The highest BCUT2D eigenvalue weighted by Gasteiger charge is 2.09. The number of aromatic nitrogens is 3. The van der Waals surface area contributed by atoms with Crippen LogP contribution in [-0.4, -0.2) is 20.7 Å². The van der Waals surface area contributed by atoms with Crippen molar-refractivity contribution in [3.05, 3.63) is 76.1 Å². The molecule has 1 amide bonds. The molecule has 2 aromatic heterocycles. The van der Waals surface area contributed by atoms with E-state index in [1.807, 2.05) is 0 Å². The van der Waals surface area contributed by atoms with Crippen LogP contribution in [0.2, 0.25) is 5.02 Å². The highest BCUT2D eigenvalue weighted by Crippen LogP contribution is 2.19. The van der Waals surface area contributed by atoms with Crippen LogP contribution >= 0.6 is 11.6 Å². The molecule has 0 aliphatic carbocycles. The normalized spacial score (nSPS) is 10.5. The van der Waals surface area contributed by atoms with Crippen molar-refractivity contribution in [2.75, 3.05) is 5.32 Å². The molecule has 1 aromatic carbocycles. The molecule has 0 aliphatic rings. The lowest BCUT2D eigenvalue weighted by molar-refractivity contribution is -0.117. The summed E-state index contributed by atoms with van der Waals surface area (Å²) >= 11 is 5.67. The molecule has 2 heterocycles. The van der Waals surface area contributed by atoms with Gasteiger partial charge in [0.1, 0.15) is 12.4 Å². The van der Waals surface area contributed by atoms with Gasteiger partial charge in [-0.3, -0.25) is 14.6 Å². The van der Waals surface area contributed by atoms with Gasteiger partial charge in [0.25, 0.3) is 5.56 Å². The number of halogens is 2. The quantitative estimate of drug-likeness (QED) is 0.778. The average Bonchev–Trinajstić information content (AvgIpc) is 2.61. The second-order valence-corrected chi connectivity index (χ2v) is 5.53. The zero-order valence-corrected chi connectivity index (χ0v) is 13.6. The number of pyridine rings is 1. The molecule has 0 bridgehead atoms. The summed E-state index contributed by atoms with van der Waals surface area (Å²) < 4.78 is 14.2. The van der Waals surface area contributed by atoms with Crippen molar-refractivity contribution in [1.82, 2.24) is 14.8 Å². The van der Waals surface area contributed by atoms with Gasteiger partial charge >= 0.3 is 0 Å². The van der Waals surface area contributed by atoms with Crippen LogP contribution < -0.4 is 10.9 Å². The van der Waals surface area contributed by atoms with Crippen molar-refractivity contribution >= 4 is 23.2 Å². The van der Waals surface area contributed by atoms with E-state index in [1.54, 1.807) is 30.6 Å². The Kier molecular flexibility index (Phi) is 4.85. The number of rotatable bonds is 4. The first kappa shape index (κ1) is 16.8. The molecular formula is C17H12ClFN4O2. The molecule has 126 valence electrons. The summed E-state index contributed by atoms with van der Waals surface area (Å²) in [6.07, 6.45) is 3.22. The molecule has 0 fully saturated rings. The minimum absolute atomic E-state index is 0.104. The van der Waals surface area contributed by atoms with Crippen LogP contribution in [0.15, 0.2) is 59.7 Å². The minimum Gasteiger partial charge on any atom is -0.324 e. The van der Waals surface area contributed by atoms with Gasteiger partial charge in [-0.15, -0.1) is 0 Å². The zero-order chi connectivity index (χ0) is 17.8. The number of carbonyl (C=O) groups is 1. The van der Waals surface area contributed by atoms with Gasteiger partial charge in [0, 0.05) is 29.7 Å². The van der Waals surface area contributed by atoms with Crippen molar-refractivity contribution in [1.29, 1.82) is 0 Å². The van der Waals surface area contributed by atoms with Crippen molar-refractivity contribution < 1.29 is 9.18 Å². The molecule has 25 heavy (non-hydrogen) atoms. The number of hydrogen-bond donors (Lipinski definition) is 1. The number of nitrogens with zero attached hydrogens (tertiary/aromatic N) is 3. The highest BCUT2D eigenvalue weighted by atomic mass is 35.5. The summed E-state index contributed by atoms with van der Waals surface area (Å²) in [5.74, 6) is -1.06. The molecule has 8 heteroatoms. The van der Waals surface area contributed by atoms with Gasteiger partial charge in [0.05, 0.1) is 10.7 Å². The lowest BCUT2D eigenvalue weighted by Crippen LogP contribution is -2.29. The summed E-state index contributed by atoms with van der Waals surface area (Å²) in [6.45, 7) is -0.285. The van der Waals surface area contributed by atoms with Crippen LogP contribution in [0.25, 0.3) is 11.3 Å². The molecule has 0 saturated heterocycles. The Balaban J connectivity index is 1.79. The lowest BCUT2D eigenvalue weighted by atomic mass is 10.2. The molecule has 0 aliphatic heterocycles. The second kappa shape index (κ2) is 7.23. The third-order valence-electron chi connectivity index (χ3n) is 3.34. The summed E-state index contributed by atoms with van der Waals surface area (Å²) in [6, 6.07) is 10.2. The standard InChI is InChI=1S/C17H12ClFN4O2/c18-13-9-12(1-2-14(13)19)21-16(24)10-23-17(25)4-3-15(22-23)11-5-7-20-8-6-11/h1-9H,10H2,(H,21,24). The van der Waals surface area contributed by atoms with Crippen LogP contribution in [0.4, 0.5) is 10.1 Å². The SMILES string of the molecule is O=C(Cn1nc(-c2ccncc2)ccc1=O)Nc1ccc(F)c(Cl)c1. The van der Waals surface area contributed by atoms with Crippen molar-refractivity contribution in [2.24, 2.45) is 0 Å². The number of anilines is 1. The number of amides is 1. The molecule has 3 rings (SSSR count). The Labute approximate surface area is 146 Å². The number of carbonyl (C=O) groups excluding carboxylic acids is 1. The van der Waals surface area contributed by atoms with Crippen LogP contribution in [-0.2, 0) is 11.3 Å². The van der Waals surface area contributed by atoms with Gasteiger partial charge in [-0.2, -0.15) is 5.10 Å². The molecule has 0 atom stereocenters. The van der Waals surface area contributed by atoms with E-state index in [0.29, 0.717) is 11.4 Å². The Bertz CT molecular complexity index is 976. The highest BCUT2D eigenvalue weighted by molar-refractivity contribution is 6.31. The smallest absolute Gasteiger partial charge is 0.267 e. The number of nitrogens with one attached hydrogen (secondary N) is 1. The number of hydrogen-bond acceptors (Lipinski definition) is 4. The van der Waals surface area contributed by atoms with Crippen LogP contribution in [0, 0.1) is 5.82 Å². The average molecular weight is 359 g/mol. The van der Waals surface area contributed by atoms with E-state index in [1.165, 1.54) is 18.2 Å². The fourth-order valence-corrected chi connectivity index (χ4v) is 2.33. The fourth-order valence-electron chi connectivity index (χ4n) is 2.15. The molecule has 6 nitrogen and oxygen atoms in total. The summed E-state index contributed by atoms with van der Waals surface area (Å²) in [7, 11) is 0. The minimum atomic E-state index is -0.581. The predicted molar refractivity (Wildman–Crippen MR) is 91.8 cm³/mol. The van der Waals surface area contributed by atoms with Gasteiger partial charge < -0.3 is 5.32 Å². The van der Waals surface area contributed by atoms with E-state index in [0.717, 1.165) is 16.3 Å². The van der Waals surface area contributed by atoms with Gasteiger partial charge in [-0.1, -0.05) is 11.6 Å². The molecule has 0 saturated carbocycles. The number of benzene rings is 1. The molecular weight excluding hydrogens is 347 g/mol. The van der Waals surface area contributed by atoms with Crippen LogP contribution in [0.3, 0.4) is 0 Å². The maximum atomic E-state index is 13.1. The summed E-state index contributed by atoms with van der Waals surface area (Å²) in [5.41, 5.74) is 1.23. The lowest BCUT2D eigenvalue weighted by Gasteiger charge is -2.08. The summed E-state index contributed by atoms with van der Waals surface area (Å²) in [4.78, 5) is 28.0. The van der Waals surface area contributed by atoms with Crippen molar-refractivity contribution in [3.63, 3.8) is 0 Å².